The molecule has 1 unspecified atom stereocenters. The van der Waals surface area contributed by atoms with Gasteiger partial charge in [-0.05, 0) is 26.3 Å². The molecule has 1 aromatic heterocycles. The first-order valence-electron chi connectivity index (χ1n) is 6.50. The average molecular weight is 304 g/mol. The van der Waals surface area contributed by atoms with Crippen LogP contribution < -0.4 is 5.32 Å². The van der Waals surface area contributed by atoms with Crippen LogP contribution in [0.25, 0.3) is 0 Å². The molecule has 1 amide bonds. The molecular formula is C15H16N2O3S. The van der Waals surface area contributed by atoms with Crippen LogP contribution in [0.15, 0.2) is 30.3 Å². The molecule has 0 saturated carbocycles. The molecule has 0 aliphatic heterocycles. The Kier molecular flexibility index (Phi) is 4.37. The molecule has 2 rings (SSSR count). The van der Waals surface area contributed by atoms with Crippen LogP contribution in [-0.2, 0) is 0 Å². The number of nitrogens with zero attached hydrogens (tertiary/aromatic N) is 1. The fourth-order valence-electron chi connectivity index (χ4n) is 1.97. The fraction of sp³-hybridized carbons (Fsp3) is 0.267. The molecule has 0 aliphatic carbocycles. The smallest absolute Gasteiger partial charge is 0.283 e. The molecule has 0 aliphatic rings. The van der Waals surface area contributed by atoms with Gasteiger partial charge in [-0.2, -0.15) is 0 Å². The molecule has 0 bridgehead atoms. The van der Waals surface area contributed by atoms with Gasteiger partial charge in [0, 0.05) is 6.07 Å². The first-order valence-corrected chi connectivity index (χ1v) is 7.32. The number of rotatable bonds is 4. The van der Waals surface area contributed by atoms with E-state index >= 15 is 0 Å². The molecule has 6 heteroatoms. The molecule has 0 saturated heterocycles. The third-order valence-electron chi connectivity index (χ3n) is 3.24. The van der Waals surface area contributed by atoms with Crippen molar-refractivity contribution in [2.45, 2.75) is 26.8 Å². The summed E-state index contributed by atoms with van der Waals surface area (Å²) in [4.78, 5) is 23.4. The third-order valence-corrected chi connectivity index (χ3v) is 4.28. The summed E-state index contributed by atoms with van der Waals surface area (Å²) in [6.07, 6.45) is 0. The van der Waals surface area contributed by atoms with E-state index in [-0.39, 0.29) is 17.6 Å². The zero-order chi connectivity index (χ0) is 15.6. The van der Waals surface area contributed by atoms with Crippen molar-refractivity contribution >= 4 is 22.9 Å². The molecule has 1 atom stereocenters. The average Bonchev–Trinajstić information content (AvgIpc) is 2.81. The van der Waals surface area contributed by atoms with Gasteiger partial charge in [-0.1, -0.05) is 29.8 Å². The van der Waals surface area contributed by atoms with E-state index in [0.717, 1.165) is 22.5 Å². The molecule has 1 N–H and O–H groups in total. The zero-order valence-corrected chi connectivity index (χ0v) is 12.9. The minimum Gasteiger partial charge on any atom is -0.345 e. The predicted octanol–water partition coefficient (Wildman–Crippen LogP) is 3.76. The largest absolute Gasteiger partial charge is 0.345 e. The van der Waals surface area contributed by atoms with Crippen molar-refractivity contribution in [3.8, 4) is 0 Å². The maximum absolute atomic E-state index is 12.2. The van der Waals surface area contributed by atoms with E-state index in [1.807, 2.05) is 38.1 Å². The van der Waals surface area contributed by atoms with Crippen LogP contribution in [0.3, 0.4) is 0 Å². The standard InChI is InChI=1S/C15H16N2O3S/c1-9-4-6-12(7-5-9)10(2)16-15(18)14-8-13(17(19)20)11(3)21-14/h4-8,10H,1-3H3,(H,16,18). The van der Waals surface area contributed by atoms with Crippen LogP contribution in [0.5, 0.6) is 0 Å². The highest BCUT2D eigenvalue weighted by Gasteiger charge is 2.20. The van der Waals surface area contributed by atoms with Crippen molar-refractivity contribution in [2.24, 2.45) is 0 Å². The number of amides is 1. The van der Waals surface area contributed by atoms with E-state index in [2.05, 4.69) is 5.32 Å². The Balaban J connectivity index is 2.12. The maximum atomic E-state index is 12.2. The highest BCUT2D eigenvalue weighted by molar-refractivity contribution is 7.14. The van der Waals surface area contributed by atoms with E-state index in [1.165, 1.54) is 6.07 Å². The number of carbonyl (C=O) groups is 1. The van der Waals surface area contributed by atoms with Gasteiger partial charge in [0.25, 0.3) is 11.6 Å². The maximum Gasteiger partial charge on any atom is 0.283 e. The van der Waals surface area contributed by atoms with Gasteiger partial charge in [-0.25, -0.2) is 0 Å². The summed E-state index contributed by atoms with van der Waals surface area (Å²) in [7, 11) is 0. The second-order valence-electron chi connectivity index (χ2n) is 4.92. The van der Waals surface area contributed by atoms with Gasteiger partial charge in [-0.3, -0.25) is 14.9 Å². The Morgan fingerprint density at radius 2 is 1.90 bits per heavy atom. The van der Waals surface area contributed by atoms with Crippen molar-refractivity contribution in [1.29, 1.82) is 0 Å². The van der Waals surface area contributed by atoms with Crippen molar-refractivity contribution < 1.29 is 9.72 Å². The van der Waals surface area contributed by atoms with E-state index in [0.29, 0.717) is 9.75 Å². The molecule has 0 fully saturated rings. The topological polar surface area (TPSA) is 72.2 Å². The zero-order valence-electron chi connectivity index (χ0n) is 12.0. The lowest BCUT2D eigenvalue weighted by atomic mass is 10.1. The van der Waals surface area contributed by atoms with Gasteiger partial charge in [0.05, 0.1) is 20.7 Å². The summed E-state index contributed by atoms with van der Waals surface area (Å²) >= 11 is 1.14. The fourth-order valence-corrected chi connectivity index (χ4v) is 2.86. The van der Waals surface area contributed by atoms with Crippen LogP contribution in [0.4, 0.5) is 5.69 Å². The van der Waals surface area contributed by atoms with Gasteiger partial charge >= 0.3 is 0 Å². The summed E-state index contributed by atoms with van der Waals surface area (Å²) < 4.78 is 0. The Morgan fingerprint density at radius 1 is 1.29 bits per heavy atom. The number of hydrogen-bond donors (Lipinski definition) is 1. The normalized spacial score (nSPS) is 12.0. The van der Waals surface area contributed by atoms with E-state index in [9.17, 15) is 14.9 Å². The van der Waals surface area contributed by atoms with E-state index < -0.39 is 4.92 Å². The van der Waals surface area contributed by atoms with Gasteiger partial charge in [0.15, 0.2) is 0 Å². The second kappa shape index (κ2) is 6.05. The number of nitrogens with one attached hydrogen (secondary N) is 1. The van der Waals surface area contributed by atoms with Crippen LogP contribution in [0.2, 0.25) is 0 Å². The third kappa shape index (κ3) is 3.46. The number of hydrogen-bond acceptors (Lipinski definition) is 4. The lowest BCUT2D eigenvalue weighted by molar-refractivity contribution is -0.385. The number of thiophene rings is 1. The van der Waals surface area contributed by atoms with Crippen molar-refractivity contribution in [1.82, 2.24) is 5.32 Å². The summed E-state index contributed by atoms with van der Waals surface area (Å²) in [5.74, 6) is -0.288. The lowest BCUT2D eigenvalue weighted by Crippen LogP contribution is -2.25. The second-order valence-corrected chi connectivity index (χ2v) is 6.17. The Morgan fingerprint density at radius 3 is 2.43 bits per heavy atom. The van der Waals surface area contributed by atoms with Crippen molar-refractivity contribution in [2.75, 3.05) is 0 Å². The summed E-state index contributed by atoms with van der Waals surface area (Å²) in [6.45, 7) is 5.53. The van der Waals surface area contributed by atoms with Gasteiger partial charge in [-0.15, -0.1) is 11.3 Å². The molecule has 21 heavy (non-hydrogen) atoms. The number of nitro groups is 1. The molecule has 0 spiro atoms. The highest BCUT2D eigenvalue weighted by atomic mass is 32.1. The van der Waals surface area contributed by atoms with Crippen molar-refractivity contribution in [3.63, 3.8) is 0 Å². The molecular weight excluding hydrogens is 288 g/mol. The van der Waals surface area contributed by atoms with E-state index in [4.69, 9.17) is 0 Å². The Bertz CT molecular complexity index is 677. The molecule has 0 radical (unpaired) electrons. The SMILES string of the molecule is Cc1ccc(C(C)NC(=O)c2cc([N+](=O)[O-])c(C)s2)cc1. The number of carbonyl (C=O) groups excluding carboxylic acids is 1. The Labute approximate surface area is 126 Å². The first-order chi connectivity index (χ1) is 9.88. The molecule has 1 heterocycles. The van der Waals surface area contributed by atoms with Gasteiger partial charge in [0.1, 0.15) is 0 Å². The molecule has 110 valence electrons. The quantitative estimate of drug-likeness (QED) is 0.690. The van der Waals surface area contributed by atoms with Gasteiger partial charge < -0.3 is 5.32 Å². The predicted molar refractivity (Wildman–Crippen MR) is 82.8 cm³/mol. The van der Waals surface area contributed by atoms with Crippen LogP contribution in [-0.4, -0.2) is 10.8 Å². The first kappa shape index (κ1) is 15.2. The molecule has 1 aromatic carbocycles. The molecule has 5 nitrogen and oxygen atoms in total. The number of aryl methyl sites for hydroxylation is 2. The summed E-state index contributed by atoms with van der Waals surface area (Å²) in [6, 6.07) is 9.07. The van der Waals surface area contributed by atoms with Crippen LogP contribution >= 0.6 is 11.3 Å². The van der Waals surface area contributed by atoms with E-state index in [1.54, 1.807) is 6.92 Å². The summed E-state index contributed by atoms with van der Waals surface area (Å²) in [5, 5.41) is 13.7. The minimum atomic E-state index is -0.466. The monoisotopic (exact) mass is 304 g/mol. The van der Waals surface area contributed by atoms with Crippen LogP contribution in [0.1, 0.15) is 38.6 Å². The summed E-state index contributed by atoms with van der Waals surface area (Å²) in [5.41, 5.74) is 2.15. The van der Waals surface area contributed by atoms with Crippen molar-refractivity contribution in [3.05, 3.63) is 61.3 Å². The van der Waals surface area contributed by atoms with Gasteiger partial charge in [0.2, 0.25) is 0 Å². The lowest BCUT2D eigenvalue weighted by Gasteiger charge is -2.13. The Hall–Kier alpha value is -2.21. The number of benzene rings is 1. The molecule has 2 aromatic rings. The minimum absolute atomic E-state index is 0.00635. The highest BCUT2D eigenvalue weighted by Crippen LogP contribution is 2.28. The van der Waals surface area contributed by atoms with Crippen LogP contribution in [0, 0.1) is 24.0 Å².